The van der Waals surface area contributed by atoms with Gasteiger partial charge in [-0.2, -0.15) is 5.26 Å². The molecule has 0 aliphatic heterocycles. The maximum Gasteiger partial charge on any atom is 0.268 e. The highest BCUT2D eigenvalue weighted by Crippen LogP contribution is 2.23. The summed E-state index contributed by atoms with van der Waals surface area (Å²) in [5.74, 6) is -0.949. The van der Waals surface area contributed by atoms with Crippen molar-refractivity contribution in [3.63, 3.8) is 0 Å². The molecule has 0 atom stereocenters. The van der Waals surface area contributed by atoms with Gasteiger partial charge in [0.2, 0.25) is 0 Å². The predicted octanol–water partition coefficient (Wildman–Crippen LogP) is 5.07. The second-order valence-electron chi connectivity index (χ2n) is 5.61. The van der Waals surface area contributed by atoms with Gasteiger partial charge in [0.05, 0.1) is 0 Å². The number of halogens is 2. The molecule has 0 fully saturated rings. The fourth-order valence-corrected chi connectivity index (χ4v) is 3.39. The lowest BCUT2D eigenvalue weighted by molar-refractivity contribution is -0.112. The van der Waals surface area contributed by atoms with E-state index in [0.29, 0.717) is 22.1 Å². The van der Waals surface area contributed by atoms with Gasteiger partial charge in [0.15, 0.2) is 5.13 Å². The number of rotatable bonds is 5. The second-order valence-corrected chi connectivity index (χ2v) is 7.17. The maximum absolute atomic E-state index is 13.0. The van der Waals surface area contributed by atoms with Crippen molar-refractivity contribution in [1.29, 1.82) is 5.26 Å². The molecule has 0 aliphatic rings. The van der Waals surface area contributed by atoms with Crippen LogP contribution in [0.5, 0.6) is 0 Å². The summed E-state index contributed by atoms with van der Waals surface area (Å²) in [5, 5.41) is 12.9. The van der Waals surface area contributed by atoms with Crippen molar-refractivity contribution in [2.24, 2.45) is 0 Å². The molecule has 27 heavy (non-hydrogen) atoms. The Morgan fingerprint density at radius 2 is 2.07 bits per heavy atom. The molecule has 3 aromatic rings. The lowest BCUT2D eigenvalue weighted by atomic mass is 10.1. The Bertz CT molecular complexity index is 1040. The van der Waals surface area contributed by atoms with Crippen LogP contribution >= 0.6 is 22.9 Å². The molecule has 0 radical (unpaired) electrons. The van der Waals surface area contributed by atoms with Gasteiger partial charge < -0.3 is 0 Å². The molecule has 1 N–H and O–H groups in total. The minimum absolute atomic E-state index is 0.0896. The quantitative estimate of drug-likeness (QED) is 0.482. The molecule has 0 spiro atoms. The molecule has 7 heteroatoms. The Labute approximate surface area is 164 Å². The van der Waals surface area contributed by atoms with E-state index < -0.39 is 5.91 Å². The van der Waals surface area contributed by atoms with Crippen molar-refractivity contribution in [2.45, 2.75) is 6.42 Å². The van der Waals surface area contributed by atoms with Gasteiger partial charge in [0.25, 0.3) is 5.91 Å². The molecule has 1 aromatic heterocycles. The third-order valence-corrected chi connectivity index (χ3v) is 4.74. The summed E-state index contributed by atoms with van der Waals surface area (Å²) >= 11 is 7.31. The van der Waals surface area contributed by atoms with Crippen molar-refractivity contribution >= 4 is 40.1 Å². The topological polar surface area (TPSA) is 65.8 Å². The van der Waals surface area contributed by atoms with E-state index in [1.807, 2.05) is 24.3 Å². The highest BCUT2D eigenvalue weighted by Gasteiger charge is 2.12. The molecule has 1 heterocycles. The summed E-state index contributed by atoms with van der Waals surface area (Å²) in [6.07, 6.45) is 3.72. The molecule has 0 unspecified atom stereocenters. The van der Waals surface area contributed by atoms with E-state index >= 15 is 0 Å². The van der Waals surface area contributed by atoms with Gasteiger partial charge in [0, 0.05) is 22.5 Å². The standard InChI is InChI=1S/C20H13ClFN3OS/c21-16-3-1-2-14(9-16)10-18-12-24-20(27-18)25-19(26)15(11-23)8-13-4-6-17(22)7-5-13/h1-9,12H,10H2,(H,24,25,26). The van der Waals surface area contributed by atoms with Crippen molar-refractivity contribution in [3.05, 3.63) is 87.1 Å². The molecular formula is C20H13ClFN3OS. The Hall–Kier alpha value is -3.01. The van der Waals surface area contributed by atoms with Crippen molar-refractivity contribution in [1.82, 2.24) is 4.98 Å². The molecule has 134 valence electrons. The molecule has 4 nitrogen and oxygen atoms in total. The average molecular weight is 398 g/mol. The number of hydrogen-bond acceptors (Lipinski definition) is 4. The number of benzene rings is 2. The normalized spacial score (nSPS) is 11.1. The number of anilines is 1. The predicted molar refractivity (Wildman–Crippen MR) is 105 cm³/mol. The fourth-order valence-electron chi connectivity index (χ4n) is 2.33. The largest absolute Gasteiger partial charge is 0.297 e. The van der Waals surface area contributed by atoms with Crippen LogP contribution in [0.15, 0.2) is 60.3 Å². The summed E-state index contributed by atoms with van der Waals surface area (Å²) in [5.41, 5.74) is 1.51. The number of amides is 1. The first-order valence-electron chi connectivity index (χ1n) is 7.91. The first kappa shape index (κ1) is 18.8. The van der Waals surface area contributed by atoms with Crippen LogP contribution in [-0.4, -0.2) is 10.9 Å². The monoisotopic (exact) mass is 397 g/mol. The van der Waals surface area contributed by atoms with E-state index in [4.69, 9.17) is 11.6 Å². The molecule has 0 saturated heterocycles. The van der Waals surface area contributed by atoms with Crippen molar-refractivity contribution in [2.75, 3.05) is 5.32 Å². The van der Waals surface area contributed by atoms with Crippen molar-refractivity contribution in [3.8, 4) is 6.07 Å². The molecule has 0 bridgehead atoms. The van der Waals surface area contributed by atoms with E-state index in [9.17, 15) is 14.4 Å². The smallest absolute Gasteiger partial charge is 0.268 e. The minimum Gasteiger partial charge on any atom is -0.297 e. The number of hydrogen-bond donors (Lipinski definition) is 1. The van der Waals surface area contributed by atoms with Crippen LogP contribution in [0, 0.1) is 17.1 Å². The number of nitrogens with zero attached hydrogens (tertiary/aromatic N) is 2. The van der Waals surface area contributed by atoms with E-state index in [-0.39, 0.29) is 11.4 Å². The molecule has 0 aliphatic carbocycles. The van der Waals surface area contributed by atoms with Gasteiger partial charge in [0.1, 0.15) is 17.5 Å². The Morgan fingerprint density at radius 3 is 2.78 bits per heavy atom. The zero-order chi connectivity index (χ0) is 19.2. The summed E-state index contributed by atoms with van der Waals surface area (Å²) < 4.78 is 13.0. The number of nitrogens with one attached hydrogen (secondary N) is 1. The minimum atomic E-state index is -0.564. The van der Waals surface area contributed by atoms with Gasteiger partial charge in [-0.25, -0.2) is 9.37 Å². The van der Waals surface area contributed by atoms with E-state index in [2.05, 4.69) is 10.3 Å². The molecule has 2 aromatic carbocycles. The number of carbonyl (C=O) groups excluding carboxylic acids is 1. The lowest BCUT2D eigenvalue weighted by Gasteiger charge is -2.01. The van der Waals surface area contributed by atoms with Gasteiger partial charge in [-0.15, -0.1) is 11.3 Å². The Kier molecular flexibility index (Phi) is 5.97. The highest BCUT2D eigenvalue weighted by molar-refractivity contribution is 7.15. The molecule has 1 amide bonds. The number of carbonyl (C=O) groups is 1. The van der Waals surface area contributed by atoms with Crippen LogP contribution in [0.3, 0.4) is 0 Å². The van der Waals surface area contributed by atoms with Crippen LogP contribution in [0.2, 0.25) is 5.02 Å². The lowest BCUT2D eigenvalue weighted by Crippen LogP contribution is -2.13. The van der Waals surface area contributed by atoms with E-state index in [0.717, 1.165) is 10.4 Å². The molecule has 0 saturated carbocycles. The number of aromatic nitrogens is 1. The zero-order valence-corrected chi connectivity index (χ0v) is 15.5. The third kappa shape index (κ3) is 5.23. The van der Waals surface area contributed by atoms with E-state index in [1.54, 1.807) is 12.3 Å². The van der Waals surface area contributed by atoms with Gasteiger partial charge in [-0.1, -0.05) is 35.9 Å². The van der Waals surface area contributed by atoms with Crippen LogP contribution in [-0.2, 0) is 11.2 Å². The molecule has 3 rings (SSSR count). The molecular weight excluding hydrogens is 385 g/mol. The van der Waals surface area contributed by atoms with Crippen LogP contribution in [0.4, 0.5) is 9.52 Å². The average Bonchev–Trinajstić information content (AvgIpc) is 3.08. The zero-order valence-electron chi connectivity index (χ0n) is 13.9. The van der Waals surface area contributed by atoms with Crippen LogP contribution in [0.25, 0.3) is 6.08 Å². The van der Waals surface area contributed by atoms with Crippen LogP contribution < -0.4 is 5.32 Å². The van der Waals surface area contributed by atoms with Crippen LogP contribution in [0.1, 0.15) is 16.0 Å². The number of nitriles is 1. The SMILES string of the molecule is N#CC(=Cc1ccc(F)cc1)C(=O)Nc1ncc(Cc2cccc(Cl)c2)s1. The highest BCUT2D eigenvalue weighted by atomic mass is 35.5. The summed E-state index contributed by atoms with van der Waals surface area (Å²) in [7, 11) is 0. The van der Waals surface area contributed by atoms with Crippen molar-refractivity contribution < 1.29 is 9.18 Å². The summed E-state index contributed by atoms with van der Waals surface area (Å²) in [4.78, 5) is 17.4. The summed E-state index contributed by atoms with van der Waals surface area (Å²) in [6, 6.07) is 14.9. The first-order valence-corrected chi connectivity index (χ1v) is 9.11. The number of thiazole rings is 1. The maximum atomic E-state index is 13.0. The third-order valence-electron chi connectivity index (χ3n) is 3.59. The fraction of sp³-hybridized carbons (Fsp3) is 0.0500. The Balaban J connectivity index is 1.69. The summed E-state index contributed by atoms with van der Waals surface area (Å²) in [6.45, 7) is 0. The van der Waals surface area contributed by atoms with E-state index in [1.165, 1.54) is 41.7 Å². The van der Waals surface area contributed by atoms with Gasteiger partial charge >= 0.3 is 0 Å². The van der Waals surface area contributed by atoms with Gasteiger partial charge in [-0.05, 0) is 41.5 Å². The first-order chi connectivity index (χ1) is 13.0. The van der Waals surface area contributed by atoms with Gasteiger partial charge in [-0.3, -0.25) is 10.1 Å². The second kappa shape index (κ2) is 8.58. The Morgan fingerprint density at radius 1 is 1.30 bits per heavy atom.